The Morgan fingerprint density at radius 2 is 1.96 bits per heavy atom. The van der Waals surface area contributed by atoms with E-state index in [1.54, 1.807) is 22.9 Å². The molecule has 6 heteroatoms. The van der Waals surface area contributed by atoms with Gasteiger partial charge in [-0.2, -0.15) is 0 Å². The van der Waals surface area contributed by atoms with Crippen LogP contribution in [0.25, 0.3) is 23.2 Å². The van der Waals surface area contributed by atoms with Crippen LogP contribution in [0.2, 0.25) is 0 Å². The van der Waals surface area contributed by atoms with Crippen LogP contribution in [-0.4, -0.2) is 45.5 Å². The second-order valence-electron chi connectivity index (χ2n) is 7.01. The number of aryl methyl sites for hydroxylation is 1. The molecule has 0 spiro atoms. The maximum atomic E-state index is 14.6. The molecule has 2 amide bonds. The van der Waals surface area contributed by atoms with E-state index in [0.29, 0.717) is 25.2 Å². The van der Waals surface area contributed by atoms with Gasteiger partial charge >= 0.3 is 6.03 Å². The summed E-state index contributed by atoms with van der Waals surface area (Å²) >= 11 is 0. The fourth-order valence-corrected chi connectivity index (χ4v) is 3.58. The number of para-hydroxylation sites is 2. The number of halogens is 1. The molecule has 2 aromatic carbocycles. The minimum Gasteiger partial charge on any atom is -0.326 e. The van der Waals surface area contributed by atoms with Crippen molar-refractivity contribution in [1.82, 2.24) is 19.4 Å². The Kier molecular flexibility index (Phi) is 4.86. The molecule has 144 valence electrons. The second kappa shape index (κ2) is 7.46. The number of hydrogen-bond acceptors (Lipinski definition) is 2. The number of imidazole rings is 1. The molecule has 28 heavy (non-hydrogen) atoms. The number of urea groups is 1. The highest BCUT2D eigenvalue weighted by Crippen LogP contribution is 2.20. The van der Waals surface area contributed by atoms with E-state index in [0.717, 1.165) is 29.0 Å². The SMILES string of the molecule is CCn1c(/C=C/c2ccc(CN3CCN(C)C3=O)c(F)c2)nc2ccccc21. The molecule has 5 nitrogen and oxygen atoms in total. The van der Waals surface area contributed by atoms with Crippen molar-refractivity contribution in [2.24, 2.45) is 0 Å². The fraction of sp³-hybridized carbons (Fsp3) is 0.273. The van der Waals surface area contributed by atoms with E-state index in [2.05, 4.69) is 22.5 Å². The zero-order valence-corrected chi connectivity index (χ0v) is 16.1. The van der Waals surface area contributed by atoms with Gasteiger partial charge in [-0.25, -0.2) is 14.2 Å². The van der Waals surface area contributed by atoms with Crippen molar-refractivity contribution in [2.75, 3.05) is 20.1 Å². The van der Waals surface area contributed by atoms with Crippen molar-refractivity contribution in [3.63, 3.8) is 0 Å². The molecule has 0 atom stereocenters. The van der Waals surface area contributed by atoms with E-state index < -0.39 is 0 Å². The topological polar surface area (TPSA) is 41.4 Å². The molecular formula is C22H23FN4O. The molecule has 0 unspecified atom stereocenters. The van der Waals surface area contributed by atoms with Gasteiger partial charge < -0.3 is 14.4 Å². The summed E-state index contributed by atoms with van der Waals surface area (Å²) in [5.74, 6) is 0.549. The number of likely N-dealkylation sites (N-methyl/N-ethyl adjacent to an activating group) is 1. The van der Waals surface area contributed by atoms with Gasteiger partial charge in [-0.3, -0.25) is 0 Å². The predicted octanol–water partition coefficient (Wildman–Crippen LogP) is 4.23. The standard InChI is InChI=1S/C22H23FN4O/c1-3-27-20-7-5-4-6-19(20)24-21(27)11-9-16-8-10-17(18(23)14-16)15-26-13-12-25(2)22(26)28/h4-11,14H,3,12-13,15H2,1-2H3/b11-9+. The minimum atomic E-state index is -0.298. The Morgan fingerprint density at radius 3 is 2.68 bits per heavy atom. The zero-order valence-electron chi connectivity index (χ0n) is 16.1. The lowest BCUT2D eigenvalue weighted by atomic mass is 10.1. The Hall–Kier alpha value is -3.15. The van der Waals surface area contributed by atoms with Crippen LogP contribution in [0.1, 0.15) is 23.9 Å². The number of carbonyl (C=O) groups is 1. The van der Waals surface area contributed by atoms with Crippen molar-refractivity contribution < 1.29 is 9.18 Å². The number of hydrogen-bond donors (Lipinski definition) is 0. The first-order valence-corrected chi connectivity index (χ1v) is 9.48. The van der Waals surface area contributed by atoms with Crippen molar-refractivity contribution in [1.29, 1.82) is 0 Å². The highest BCUT2D eigenvalue weighted by Gasteiger charge is 2.25. The third-order valence-electron chi connectivity index (χ3n) is 5.17. The lowest BCUT2D eigenvalue weighted by molar-refractivity contribution is 0.196. The third-order valence-corrected chi connectivity index (χ3v) is 5.17. The van der Waals surface area contributed by atoms with Gasteiger partial charge in [0.15, 0.2) is 0 Å². The maximum absolute atomic E-state index is 14.6. The highest BCUT2D eigenvalue weighted by atomic mass is 19.1. The molecule has 4 rings (SSSR count). The number of benzene rings is 2. The van der Waals surface area contributed by atoms with Crippen LogP contribution in [0.15, 0.2) is 42.5 Å². The predicted molar refractivity (Wildman–Crippen MR) is 109 cm³/mol. The molecule has 1 aliphatic rings. The maximum Gasteiger partial charge on any atom is 0.320 e. The summed E-state index contributed by atoms with van der Waals surface area (Å²) in [7, 11) is 1.76. The largest absolute Gasteiger partial charge is 0.326 e. The summed E-state index contributed by atoms with van der Waals surface area (Å²) in [5.41, 5.74) is 3.33. The van der Waals surface area contributed by atoms with Gasteiger partial charge in [0.2, 0.25) is 0 Å². The van der Waals surface area contributed by atoms with E-state index in [4.69, 9.17) is 0 Å². The van der Waals surface area contributed by atoms with Gasteiger partial charge in [0.25, 0.3) is 0 Å². The number of amides is 2. The first-order valence-electron chi connectivity index (χ1n) is 9.48. The average molecular weight is 378 g/mol. The number of aromatic nitrogens is 2. The van der Waals surface area contributed by atoms with Gasteiger partial charge in [-0.05, 0) is 36.8 Å². The van der Waals surface area contributed by atoms with Gasteiger partial charge in [0.1, 0.15) is 11.6 Å². The molecule has 1 aromatic heterocycles. The molecule has 2 heterocycles. The summed E-state index contributed by atoms with van der Waals surface area (Å²) in [6.07, 6.45) is 3.78. The lowest BCUT2D eigenvalue weighted by Crippen LogP contribution is -2.29. The quantitative estimate of drug-likeness (QED) is 0.667. The highest BCUT2D eigenvalue weighted by molar-refractivity contribution is 5.80. The number of carbonyl (C=O) groups excluding carboxylic acids is 1. The summed E-state index contributed by atoms with van der Waals surface area (Å²) < 4.78 is 16.7. The Labute approximate surface area is 163 Å². The Bertz CT molecular complexity index is 1060. The van der Waals surface area contributed by atoms with Gasteiger partial charge in [-0.15, -0.1) is 0 Å². The van der Waals surface area contributed by atoms with Crippen molar-refractivity contribution in [3.05, 3.63) is 65.2 Å². The molecule has 1 aliphatic heterocycles. The number of fused-ring (bicyclic) bond motifs is 1. The van der Waals surface area contributed by atoms with E-state index in [-0.39, 0.29) is 11.8 Å². The third kappa shape index (κ3) is 3.38. The molecule has 0 saturated carbocycles. The number of nitrogens with zero attached hydrogens (tertiary/aromatic N) is 4. The zero-order chi connectivity index (χ0) is 19.7. The summed E-state index contributed by atoms with van der Waals surface area (Å²) in [6.45, 7) is 4.50. The van der Waals surface area contributed by atoms with Crippen molar-refractivity contribution in [3.8, 4) is 0 Å². The summed E-state index contributed by atoms with van der Waals surface area (Å²) in [4.78, 5) is 20.0. The van der Waals surface area contributed by atoms with E-state index in [1.165, 1.54) is 6.07 Å². The van der Waals surface area contributed by atoms with Crippen LogP contribution in [0.3, 0.4) is 0 Å². The Balaban J connectivity index is 1.54. The van der Waals surface area contributed by atoms with Crippen LogP contribution in [0.5, 0.6) is 0 Å². The molecule has 3 aromatic rings. The van der Waals surface area contributed by atoms with Crippen LogP contribution in [-0.2, 0) is 13.1 Å². The first kappa shape index (κ1) is 18.2. The van der Waals surface area contributed by atoms with Crippen LogP contribution in [0, 0.1) is 5.82 Å². The molecule has 1 saturated heterocycles. The van der Waals surface area contributed by atoms with Gasteiger partial charge in [-0.1, -0.05) is 30.3 Å². The Morgan fingerprint density at radius 1 is 1.14 bits per heavy atom. The molecule has 0 aliphatic carbocycles. The van der Waals surface area contributed by atoms with E-state index in [1.807, 2.05) is 36.4 Å². The monoisotopic (exact) mass is 378 g/mol. The first-order chi connectivity index (χ1) is 13.6. The lowest BCUT2D eigenvalue weighted by Gasteiger charge is -2.16. The van der Waals surface area contributed by atoms with Crippen LogP contribution in [0.4, 0.5) is 9.18 Å². The van der Waals surface area contributed by atoms with Gasteiger partial charge in [0, 0.05) is 32.2 Å². The molecule has 0 bridgehead atoms. The average Bonchev–Trinajstić information content (AvgIpc) is 3.22. The smallest absolute Gasteiger partial charge is 0.320 e. The molecule has 0 radical (unpaired) electrons. The van der Waals surface area contributed by atoms with E-state index >= 15 is 0 Å². The van der Waals surface area contributed by atoms with Crippen LogP contribution >= 0.6 is 0 Å². The van der Waals surface area contributed by atoms with Gasteiger partial charge in [0.05, 0.1) is 17.6 Å². The minimum absolute atomic E-state index is 0.0539. The second-order valence-corrected chi connectivity index (χ2v) is 7.01. The number of rotatable bonds is 5. The summed E-state index contributed by atoms with van der Waals surface area (Å²) in [6, 6.07) is 13.1. The van der Waals surface area contributed by atoms with Crippen molar-refractivity contribution >= 4 is 29.2 Å². The fourth-order valence-electron chi connectivity index (χ4n) is 3.58. The molecule has 0 N–H and O–H groups in total. The van der Waals surface area contributed by atoms with Crippen molar-refractivity contribution in [2.45, 2.75) is 20.0 Å². The summed E-state index contributed by atoms with van der Waals surface area (Å²) in [5, 5.41) is 0. The molecular weight excluding hydrogens is 355 g/mol. The molecule has 1 fully saturated rings. The van der Waals surface area contributed by atoms with E-state index in [9.17, 15) is 9.18 Å². The normalized spacial score (nSPS) is 14.8. The van der Waals surface area contributed by atoms with Crippen LogP contribution < -0.4 is 0 Å².